The number of pyridine rings is 1. The number of imidazole rings is 1. The highest BCUT2D eigenvalue weighted by Gasteiger charge is 1.99. The third-order valence-corrected chi connectivity index (χ3v) is 3.42. The molecule has 0 saturated heterocycles. The summed E-state index contributed by atoms with van der Waals surface area (Å²) in [6, 6.07) is 8.44. The molecule has 0 unspecified atom stereocenters. The zero-order valence-electron chi connectivity index (χ0n) is 11.4. The molecule has 2 heterocycles. The maximum Gasteiger partial charge on any atom is 0.0945 e. The first-order valence-electron chi connectivity index (χ1n) is 6.91. The van der Waals surface area contributed by atoms with Gasteiger partial charge >= 0.3 is 0 Å². The van der Waals surface area contributed by atoms with Gasteiger partial charge in [0.05, 0.1) is 6.33 Å². The van der Waals surface area contributed by atoms with Crippen LogP contribution < -0.4 is 5.32 Å². The van der Waals surface area contributed by atoms with Crippen molar-refractivity contribution in [1.29, 1.82) is 0 Å². The number of hydrogen-bond donors (Lipinski definition) is 1. The van der Waals surface area contributed by atoms with Crippen molar-refractivity contribution in [3.05, 3.63) is 60.9 Å². The highest BCUT2D eigenvalue weighted by atomic mass is 15.0. The lowest BCUT2D eigenvalue weighted by Gasteiger charge is -2.08. The van der Waals surface area contributed by atoms with Gasteiger partial charge in [-0.05, 0) is 30.0 Å². The Bertz CT molecular complexity index is 656. The van der Waals surface area contributed by atoms with Crippen LogP contribution in [-0.2, 0) is 13.1 Å². The average Bonchev–Trinajstić information content (AvgIpc) is 3.00. The predicted molar refractivity (Wildman–Crippen MR) is 80.3 cm³/mol. The van der Waals surface area contributed by atoms with E-state index in [0.717, 1.165) is 26.1 Å². The molecule has 0 saturated carbocycles. The van der Waals surface area contributed by atoms with E-state index < -0.39 is 0 Å². The Morgan fingerprint density at radius 2 is 2.10 bits per heavy atom. The third-order valence-electron chi connectivity index (χ3n) is 3.42. The van der Waals surface area contributed by atoms with Gasteiger partial charge in [0.25, 0.3) is 0 Å². The summed E-state index contributed by atoms with van der Waals surface area (Å²) in [7, 11) is 0. The highest BCUT2D eigenvalue weighted by molar-refractivity contribution is 5.84. The summed E-state index contributed by atoms with van der Waals surface area (Å²) in [5.74, 6) is 0. The van der Waals surface area contributed by atoms with Crippen molar-refractivity contribution in [1.82, 2.24) is 19.9 Å². The molecule has 102 valence electrons. The molecule has 0 spiro atoms. The predicted octanol–water partition coefficient (Wildman–Crippen LogP) is 2.61. The van der Waals surface area contributed by atoms with Crippen molar-refractivity contribution in [2.75, 3.05) is 6.54 Å². The molecule has 0 bridgehead atoms. The maximum atomic E-state index is 4.16. The summed E-state index contributed by atoms with van der Waals surface area (Å²) in [5.41, 5.74) is 1.33. The molecule has 1 N–H and O–H groups in total. The van der Waals surface area contributed by atoms with Crippen LogP contribution in [0.15, 0.2) is 55.4 Å². The zero-order valence-corrected chi connectivity index (χ0v) is 11.4. The fraction of sp³-hybridized carbons (Fsp3) is 0.250. The van der Waals surface area contributed by atoms with Gasteiger partial charge in [-0.25, -0.2) is 4.98 Å². The van der Waals surface area contributed by atoms with Crippen molar-refractivity contribution in [3.8, 4) is 0 Å². The number of aromatic nitrogens is 3. The highest BCUT2D eigenvalue weighted by Crippen LogP contribution is 2.16. The molecule has 3 aromatic rings. The van der Waals surface area contributed by atoms with Gasteiger partial charge in [0.15, 0.2) is 0 Å². The summed E-state index contributed by atoms with van der Waals surface area (Å²) in [5, 5.41) is 5.98. The molecule has 0 aliphatic carbocycles. The van der Waals surface area contributed by atoms with Gasteiger partial charge in [0, 0.05) is 43.3 Å². The summed E-state index contributed by atoms with van der Waals surface area (Å²) in [6.45, 7) is 2.90. The molecule has 0 radical (unpaired) electrons. The van der Waals surface area contributed by atoms with Crippen LogP contribution in [0.4, 0.5) is 0 Å². The first-order chi connectivity index (χ1) is 9.93. The molecular formula is C16H18N4. The first kappa shape index (κ1) is 12.8. The van der Waals surface area contributed by atoms with Gasteiger partial charge in [-0.1, -0.05) is 18.2 Å². The molecule has 3 rings (SSSR count). The smallest absolute Gasteiger partial charge is 0.0945 e. The Morgan fingerprint density at radius 3 is 3.00 bits per heavy atom. The van der Waals surface area contributed by atoms with Gasteiger partial charge in [0.2, 0.25) is 0 Å². The number of hydrogen-bond acceptors (Lipinski definition) is 3. The summed E-state index contributed by atoms with van der Waals surface area (Å²) >= 11 is 0. The molecule has 20 heavy (non-hydrogen) atoms. The number of nitrogens with one attached hydrogen (secondary N) is 1. The maximum absolute atomic E-state index is 4.16. The third kappa shape index (κ3) is 3.03. The lowest BCUT2D eigenvalue weighted by molar-refractivity contribution is 0.581. The molecule has 0 fully saturated rings. The lowest BCUT2D eigenvalue weighted by atomic mass is 10.1. The largest absolute Gasteiger partial charge is 0.337 e. The van der Waals surface area contributed by atoms with E-state index in [9.17, 15) is 0 Å². The molecule has 1 aromatic carbocycles. The summed E-state index contributed by atoms with van der Waals surface area (Å²) in [6.07, 6.45) is 10.5. The number of benzene rings is 1. The monoisotopic (exact) mass is 266 g/mol. The van der Waals surface area contributed by atoms with Crippen LogP contribution in [0.1, 0.15) is 12.0 Å². The Balaban J connectivity index is 1.52. The summed E-state index contributed by atoms with van der Waals surface area (Å²) < 4.78 is 2.10. The molecule has 2 aromatic heterocycles. The SMILES string of the molecule is c1cc(CNCCCn2ccnc2)c2ccncc2c1. The Morgan fingerprint density at radius 1 is 1.10 bits per heavy atom. The van der Waals surface area contributed by atoms with Crippen LogP contribution in [-0.4, -0.2) is 21.1 Å². The standard InChI is InChI=1S/C16H18N4/c1-3-14(16-5-7-18-12-15(16)4-1)11-17-6-2-9-20-10-8-19-13-20/h1,3-5,7-8,10,12-13,17H,2,6,9,11H2. The number of nitrogens with zero attached hydrogens (tertiary/aromatic N) is 3. The van der Waals surface area contributed by atoms with E-state index >= 15 is 0 Å². The van der Waals surface area contributed by atoms with Gasteiger partial charge < -0.3 is 9.88 Å². The number of aryl methyl sites for hydroxylation is 1. The van der Waals surface area contributed by atoms with Crippen LogP contribution in [0.3, 0.4) is 0 Å². The second kappa shape index (κ2) is 6.30. The van der Waals surface area contributed by atoms with E-state index in [0.29, 0.717) is 0 Å². The molecule has 0 aliphatic rings. The van der Waals surface area contributed by atoms with E-state index in [1.165, 1.54) is 16.3 Å². The normalized spacial score (nSPS) is 11.0. The van der Waals surface area contributed by atoms with E-state index in [-0.39, 0.29) is 0 Å². The minimum Gasteiger partial charge on any atom is -0.337 e. The number of fused-ring (bicyclic) bond motifs is 1. The Kier molecular flexibility index (Phi) is 4.04. The minimum absolute atomic E-state index is 0.894. The second-order valence-corrected chi connectivity index (χ2v) is 4.84. The Labute approximate surface area is 118 Å². The first-order valence-corrected chi connectivity index (χ1v) is 6.91. The molecule has 0 amide bonds. The van der Waals surface area contributed by atoms with Crippen molar-refractivity contribution in [3.63, 3.8) is 0 Å². The van der Waals surface area contributed by atoms with Crippen molar-refractivity contribution in [2.24, 2.45) is 0 Å². The Hall–Kier alpha value is -2.20. The van der Waals surface area contributed by atoms with Crippen LogP contribution in [0, 0.1) is 0 Å². The van der Waals surface area contributed by atoms with Crippen molar-refractivity contribution >= 4 is 10.8 Å². The second-order valence-electron chi connectivity index (χ2n) is 4.84. The fourth-order valence-electron chi connectivity index (χ4n) is 2.37. The molecular weight excluding hydrogens is 248 g/mol. The molecule has 4 nitrogen and oxygen atoms in total. The summed E-state index contributed by atoms with van der Waals surface area (Å²) in [4.78, 5) is 8.20. The van der Waals surface area contributed by atoms with Crippen LogP contribution >= 0.6 is 0 Å². The van der Waals surface area contributed by atoms with Crippen LogP contribution in [0.2, 0.25) is 0 Å². The van der Waals surface area contributed by atoms with E-state index in [4.69, 9.17) is 0 Å². The molecule has 4 heteroatoms. The van der Waals surface area contributed by atoms with E-state index in [1.54, 1.807) is 0 Å². The zero-order chi connectivity index (χ0) is 13.6. The topological polar surface area (TPSA) is 42.7 Å². The quantitative estimate of drug-likeness (QED) is 0.697. The van der Waals surface area contributed by atoms with Crippen molar-refractivity contribution < 1.29 is 0 Å². The van der Waals surface area contributed by atoms with E-state index in [1.807, 2.05) is 31.1 Å². The van der Waals surface area contributed by atoms with Gasteiger partial charge in [0.1, 0.15) is 0 Å². The van der Waals surface area contributed by atoms with Crippen LogP contribution in [0.25, 0.3) is 10.8 Å². The van der Waals surface area contributed by atoms with Crippen LogP contribution in [0.5, 0.6) is 0 Å². The average molecular weight is 266 g/mol. The fourth-order valence-corrected chi connectivity index (χ4v) is 2.37. The molecule has 0 aliphatic heterocycles. The van der Waals surface area contributed by atoms with E-state index in [2.05, 4.69) is 44.1 Å². The van der Waals surface area contributed by atoms with Gasteiger partial charge in [-0.2, -0.15) is 0 Å². The van der Waals surface area contributed by atoms with Crippen molar-refractivity contribution in [2.45, 2.75) is 19.5 Å². The van der Waals surface area contributed by atoms with Gasteiger partial charge in [-0.3, -0.25) is 4.98 Å². The molecule has 0 atom stereocenters. The van der Waals surface area contributed by atoms with Gasteiger partial charge in [-0.15, -0.1) is 0 Å². The minimum atomic E-state index is 0.894. The number of rotatable bonds is 6. The lowest BCUT2D eigenvalue weighted by Crippen LogP contribution is -2.16.